The van der Waals surface area contributed by atoms with Crippen LogP contribution in [0.3, 0.4) is 0 Å². The van der Waals surface area contributed by atoms with Crippen LogP contribution in [0.4, 0.5) is 0 Å². The lowest BCUT2D eigenvalue weighted by atomic mass is 10.0. The number of ether oxygens (including phenoxy) is 2. The van der Waals surface area contributed by atoms with Crippen molar-refractivity contribution >= 4 is 23.1 Å². The molecule has 0 saturated heterocycles. The normalized spacial score (nSPS) is 10.9. The van der Waals surface area contributed by atoms with E-state index in [1.54, 1.807) is 7.11 Å². The quantitative estimate of drug-likeness (QED) is 0.106. The summed E-state index contributed by atoms with van der Waals surface area (Å²) in [6.45, 7) is 0. The molecule has 0 amide bonds. The molecule has 0 aliphatic heterocycles. The monoisotopic (exact) mass is 532 g/mol. The average molecular weight is 533 g/mol. The highest BCUT2D eigenvalue weighted by molar-refractivity contribution is 7.94. The minimum Gasteiger partial charge on any atom is -0.497 e. The molecule has 4 aromatic carbocycles. The Hall–Kier alpha value is -4.72. The summed E-state index contributed by atoms with van der Waals surface area (Å²) < 4.78 is 18.7. The molecule has 2 heterocycles. The van der Waals surface area contributed by atoms with Crippen LogP contribution in [-0.4, -0.2) is 16.8 Å². The smallest absolute Gasteiger partial charge is 0.179 e. The van der Waals surface area contributed by atoms with Crippen molar-refractivity contribution in [2.45, 2.75) is 4.90 Å². The van der Waals surface area contributed by atoms with E-state index in [9.17, 15) is 0 Å². The first-order chi connectivity index (χ1) is 19.3. The van der Waals surface area contributed by atoms with E-state index in [1.165, 1.54) is 4.73 Å². The maximum absolute atomic E-state index is 6.22. The van der Waals surface area contributed by atoms with Gasteiger partial charge in [-0.3, -0.25) is 0 Å². The second kappa shape index (κ2) is 11.3. The van der Waals surface area contributed by atoms with E-state index in [-0.39, 0.29) is 0 Å². The van der Waals surface area contributed by atoms with Gasteiger partial charge in [0.2, 0.25) is 0 Å². The molecule has 0 aliphatic carbocycles. The Bertz CT molecular complexity index is 1700. The van der Waals surface area contributed by atoms with E-state index < -0.39 is 0 Å². The van der Waals surface area contributed by atoms with E-state index in [0.29, 0.717) is 5.65 Å². The largest absolute Gasteiger partial charge is 0.497 e. The van der Waals surface area contributed by atoms with Gasteiger partial charge in [0.15, 0.2) is 5.65 Å². The van der Waals surface area contributed by atoms with Crippen molar-refractivity contribution in [3.8, 4) is 39.5 Å². The third-order valence-corrected chi connectivity index (χ3v) is 6.74. The molecular formula is C32H24N2O4S. The molecule has 0 unspecified atom stereocenters. The molecule has 0 radical (unpaired) electrons. The number of hydrogen-bond acceptors (Lipinski definition) is 6. The summed E-state index contributed by atoms with van der Waals surface area (Å²) in [4.78, 5) is 11.4. The van der Waals surface area contributed by atoms with Crippen molar-refractivity contribution in [2.75, 3.05) is 7.11 Å². The second-order valence-electron chi connectivity index (χ2n) is 8.65. The maximum Gasteiger partial charge on any atom is 0.179 e. The fraction of sp³-hybridized carbons (Fsp3) is 0.0312. The highest BCUT2D eigenvalue weighted by atomic mass is 32.2. The molecule has 0 N–H and O–H groups in total. The van der Waals surface area contributed by atoms with Crippen LogP contribution in [-0.2, 0) is 4.33 Å². The van der Waals surface area contributed by atoms with Crippen LogP contribution < -0.4 is 14.5 Å². The van der Waals surface area contributed by atoms with Crippen LogP contribution >= 0.6 is 12.0 Å². The summed E-state index contributed by atoms with van der Waals surface area (Å²) in [5.41, 5.74) is 4.34. The lowest BCUT2D eigenvalue weighted by molar-refractivity contribution is -0.188. The molecule has 0 saturated carbocycles. The molecule has 0 aliphatic rings. The van der Waals surface area contributed by atoms with Gasteiger partial charge in [-0.25, -0.2) is 9.97 Å². The van der Waals surface area contributed by atoms with E-state index in [0.717, 1.165) is 61.8 Å². The molecule has 6 aromatic rings. The summed E-state index contributed by atoms with van der Waals surface area (Å²) in [5.74, 6) is 2.27. The Morgan fingerprint density at radius 1 is 0.692 bits per heavy atom. The zero-order valence-corrected chi connectivity index (χ0v) is 21.9. The third kappa shape index (κ3) is 5.45. The second-order valence-corrected chi connectivity index (χ2v) is 9.42. The van der Waals surface area contributed by atoms with Crippen molar-refractivity contribution in [3.05, 3.63) is 128 Å². The molecule has 192 valence electrons. The van der Waals surface area contributed by atoms with E-state index in [4.69, 9.17) is 23.8 Å². The zero-order chi connectivity index (χ0) is 26.4. The van der Waals surface area contributed by atoms with Crippen LogP contribution in [0.5, 0.6) is 17.2 Å². The SMILES string of the molecule is COc1cccc(-c2cn(OOSc3ccccc3)c3ncc(-c4ccccc4Oc4ccccc4)cc23)c1. The Morgan fingerprint density at radius 3 is 2.26 bits per heavy atom. The molecular weight excluding hydrogens is 508 g/mol. The fourth-order valence-corrected chi connectivity index (χ4v) is 4.72. The van der Waals surface area contributed by atoms with Gasteiger partial charge < -0.3 is 9.47 Å². The van der Waals surface area contributed by atoms with Gasteiger partial charge in [-0.1, -0.05) is 71.1 Å². The van der Waals surface area contributed by atoms with Gasteiger partial charge in [-0.2, -0.15) is 0 Å². The van der Waals surface area contributed by atoms with Crippen LogP contribution in [0.25, 0.3) is 33.3 Å². The molecule has 7 heteroatoms. The molecule has 0 spiro atoms. The van der Waals surface area contributed by atoms with Gasteiger partial charge in [0, 0.05) is 33.2 Å². The fourth-order valence-electron chi connectivity index (χ4n) is 4.28. The van der Waals surface area contributed by atoms with Crippen LogP contribution in [0.1, 0.15) is 0 Å². The summed E-state index contributed by atoms with van der Waals surface area (Å²) in [6, 6.07) is 37.4. The molecule has 2 aromatic heterocycles. The van der Waals surface area contributed by atoms with E-state index >= 15 is 0 Å². The summed E-state index contributed by atoms with van der Waals surface area (Å²) in [5, 5.41) is 0.892. The highest BCUT2D eigenvalue weighted by Crippen LogP contribution is 2.37. The average Bonchev–Trinajstić information content (AvgIpc) is 3.36. The number of pyridine rings is 1. The molecule has 6 nitrogen and oxygen atoms in total. The first kappa shape index (κ1) is 24.6. The number of rotatable bonds is 9. The maximum atomic E-state index is 6.22. The molecule has 6 rings (SSSR count). The number of hydrogen-bond donors (Lipinski definition) is 0. The predicted octanol–water partition coefficient (Wildman–Crippen LogP) is 8.24. The molecule has 0 bridgehead atoms. The van der Waals surface area contributed by atoms with Gasteiger partial charge in [-0.15, -0.1) is 4.73 Å². The first-order valence-corrected chi connectivity index (χ1v) is 13.1. The number of para-hydroxylation sites is 2. The van der Waals surface area contributed by atoms with E-state index in [2.05, 4.69) is 6.07 Å². The Balaban J connectivity index is 1.40. The summed E-state index contributed by atoms with van der Waals surface area (Å²) >= 11 is 1.13. The van der Waals surface area contributed by atoms with Crippen molar-refractivity contribution in [3.63, 3.8) is 0 Å². The lowest BCUT2D eigenvalue weighted by Crippen LogP contribution is -2.07. The first-order valence-electron chi connectivity index (χ1n) is 12.3. The predicted molar refractivity (Wildman–Crippen MR) is 154 cm³/mol. The van der Waals surface area contributed by atoms with Crippen LogP contribution in [0, 0.1) is 0 Å². The zero-order valence-electron chi connectivity index (χ0n) is 21.1. The van der Waals surface area contributed by atoms with Gasteiger partial charge in [0.05, 0.1) is 25.3 Å². The Morgan fingerprint density at radius 2 is 1.44 bits per heavy atom. The minimum atomic E-state index is 0.617. The lowest BCUT2D eigenvalue weighted by Gasteiger charge is -2.11. The van der Waals surface area contributed by atoms with Gasteiger partial charge in [0.1, 0.15) is 17.2 Å². The van der Waals surface area contributed by atoms with Crippen molar-refractivity contribution in [1.82, 2.24) is 9.71 Å². The number of benzene rings is 4. The Kier molecular flexibility index (Phi) is 7.16. The standard InChI is InChI=1S/C32H24N2O4S/c1-35-26-14-10-11-23(19-26)30-22-34(37-38-39-27-15-6-3-7-16-27)32-29(30)20-24(21-33-32)28-17-8-9-18-31(28)36-25-12-4-2-5-13-25/h2-22H,1H3. The molecule has 39 heavy (non-hydrogen) atoms. The summed E-state index contributed by atoms with van der Waals surface area (Å²) in [6.07, 6.45) is 3.68. The van der Waals surface area contributed by atoms with Crippen molar-refractivity contribution in [2.24, 2.45) is 0 Å². The van der Waals surface area contributed by atoms with Crippen LogP contribution in [0.2, 0.25) is 0 Å². The van der Waals surface area contributed by atoms with E-state index in [1.807, 2.05) is 122 Å². The molecule has 0 fully saturated rings. The van der Waals surface area contributed by atoms with Gasteiger partial charge >= 0.3 is 0 Å². The number of fused-ring (bicyclic) bond motifs is 1. The number of nitrogens with zero attached hydrogens (tertiary/aromatic N) is 2. The topological polar surface area (TPSA) is 54.7 Å². The molecule has 0 atom stereocenters. The van der Waals surface area contributed by atoms with Gasteiger partial charge in [-0.05, 0) is 54.1 Å². The number of methoxy groups -OCH3 is 1. The van der Waals surface area contributed by atoms with Crippen LogP contribution in [0.15, 0.2) is 133 Å². The minimum absolute atomic E-state index is 0.617. The van der Waals surface area contributed by atoms with Gasteiger partial charge in [0.25, 0.3) is 0 Å². The van der Waals surface area contributed by atoms with Crippen molar-refractivity contribution < 1.29 is 18.8 Å². The Labute approximate surface area is 230 Å². The third-order valence-electron chi connectivity index (χ3n) is 6.15. The highest BCUT2D eigenvalue weighted by Gasteiger charge is 2.17. The number of aromatic nitrogens is 2. The summed E-state index contributed by atoms with van der Waals surface area (Å²) in [7, 11) is 1.66. The van der Waals surface area contributed by atoms with Crippen molar-refractivity contribution in [1.29, 1.82) is 0 Å².